The van der Waals surface area contributed by atoms with Crippen molar-refractivity contribution in [1.82, 2.24) is 0 Å². The fourth-order valence-electron chi connectivity index (χ4n) is 2.70. The van der Waals surface area contributed by atoms with Gasteiger partial charge in [0.15, 0.2) is 18.1 Å². The van der Waals surface area contributed by atoms with Gasteiger partial charge in [-0.3, -0.25) is 9.79 Å². The lowest BCUT2D eigenvalue weighted by Gasteiger charge is -2.11. The predicted octanol–water partition coefficient (Wildman–Crippen LogP) is 5.08. The van der Waals surface area contributed by atoms with E-state index in [-0.39, 0.29) is 12.5 Å². The number of aliphatic imine (C=N–C) groups is 1. The Morgan fingerprint density at radius 1 is 0.966 bits per heavy atom. The molecule has 1 N–H and O–H groups in total. The molecule has 0 aliphatic rings. The minimum atomic E-state index is -0.237. The molecule has 1 amide bonds. The van der Waals surface area contributed by atoms with Gasteiger partial charge in [-0.2, -0.15) is 0 Å². The molecule has 0 fully saturated rings. The van der Waals surface area contributed by atoms with E-state index in [1.807, 2.05) is 54.6 Å². The normalized spacial score (nSPS) is 10.7. The van der Waals surface area contributed by atoms with Gasteiger partial charge in [-0.05, 0) is 73.0 Å². The summed E-state index contributed by atoms with van der Waals surface area (Å²) in [6.07, 6.45) is 1.78. The molecule has 5 nitrogen and oxygen atoms in total. The zero-order valence-corrected chi connectivity index (χ0v) is 16.8. The molecule has 5 heteroatoms. The Labute approximate surface area is 171 Å². The highest BCUT2D eigenvalue weighted by Gasteiger charge is 2.09. The molecule has 0 heterocycles. The first-order chi connectivity index (χ1) is 14.0. The van der Waals surface area contributed by atoms with Gasteiger partial charge in [-0.15, -0.1) is 0 Å². The van der Waals surface area contributed by atoms with E-state index in [9.17, 15) is 4.79 Å². The van der Waals surface area contributed by atoms with Crippen molar-refractivity contribution in [3.05, 3.63) is 83.4 Å². The van der Waals surface area contributed by atoms with Gasteiger partial charge in [0, 0.05) is 11.9 Å². The molecule has 0 spiro atoms. The molecular weight excluding hydrogens is 364 g/mol. The molecular formula is C24H24N2O3. The summed E-state index contributed by atoms with van der Waals surface area (Å²) in [5.41, 5.74) is 4.94. The van der Waals surface area contributed by atoms with Crippen molar-refractivity contribution < 1.29 is 14.3 Å². The smallest absolute Gasteiger partial charge is 0.262 e. The van der Waals surface area contributed by atoms with Crippen molar-refractivity contribution >= 4 is 23.5 Å². The van der Waals surface area contributed by atoms with Gasteiger partial charge in [0.2, 0.25) is 0 Å². The fraction of sp³-hybridized carbons (Fsp3) is 0.167. The van der Waals surface area contributed by atoms with E-state index >= 15 is 0 Å². The van der Waals surface area contributed by atoms with Crippen molar-refractivity contribution in [2.24, 2.45) is 4.99 Å². The number of amides is 1. The van der Waals surface area contributed by atoms with Crippen LogP contribution in [-0.2, 0) is 4.79 Å². The van der Waals surface area contributed by atoms with Crippen LogP contribution in [-0.4, -0.2) is 25.8 Å². The van der Waals surface area contributed by atoms with Gasteiger partial charge < -0.3 is 14.8 Å². The average Bonchev–Trinajstić information content (AvgIpc) is 2.74. The molecule has 0 saturated carbocycles. The monoisotopic (exact) mass is 388 g/mol. The molecule has 0 aliphatic carbocycles. The Bertz CT molecular complexity index is 1010. The molecule has 0 saturated heterocycles. The average molecular weight is 388 g/mol. The first-order valence-corrected chi connectivity index (χ1v) is 9.32. The Hall–Kier alpha value is -3.60. The maximum atomic E-state index is 12.1. The highest BCUT2D eigenvalue weighted by atomic mass is 16.5. The third kappa shape index (κ3) is 5.69. The third-order valence-electron chi connectivity index (χ3n) is 4.46. The van der Waals surface area contributed by atoms with Crippen LogP contribution in [0.1, 0.15) is 16.7 Å². The number of benzene rings is 3. The van der Waals surface area contributed by atoms with Crippen molar-refractivity contribution in [3.63, 3.8) is 0 Å². The molecule has 3 aromatic carbocycles. The van der Waals surface area contributed by atoms with Crippen molar-refractivity contribution in [2.75, 3.05) is 19.0 Å². The molecule has 0 radical (unpaired) electrons. The largest absolute Gasteiger partial charge is 0.493 e. The molecule has 0 bridgehead atoms. The summed E-state index contributed by atoms with van der Waals surface area (Å²) in [4.78, 5) is 16.6. The Morgan fingerprint density at radius 3 is 2.48 bits per heavy atom. The van der Waals surface area contributed by atoms with Crippen LogP contribution in [0.2, 0.25) is 0 Å². The summed E-state index contributed by atoms with van der Waals surface area (Å²) in [6.45, 7) is 4.03. The molecule has 3 rings (SSSR count). The molecule has 0 atom stereocenters. The summed E-state index contributed by atoms with van der Waals surface area (Å²) in [6, 6.07) is 20.8. The number of hydrogen-bond acceptors (Lipinski definition) is 4. The van der Waals surface area contributed by atoms with Gasteiger partial charge in [0.1, 0.15) is 0 Å². The number of methoxy groups -OCH3 is 1. The highest BCUT2D eigenvalue weighted by Crippen LogP contribution is 2.28. The van der Waals surface area contributed by atoms with Crippen LogP contribution in [0.3, 0.4) is 0 Å². The molecule has 148 valence electrons. The second kappa shape index (κ2) is 9.55. The quantitative estimate of drug-likeness (QED) is 0.574. The number of nitrogens with one attached hydrogen (secondary N) is 1. The van der Waals surface area contributed by atoms with E-state index in [2.05, 4.69) is 30.2 Å². The summed E-state index contributed by atoms with van der Waals surface area (Å²) in [7, 11) is 1.57. The van der Waals surface area contributed by atoms with Crippen LogP contribution in [0.5, 0.6) is 11.5 Å². The van der Waals surface area contributed by atoms with Crippen molar-refractivity contribution in [2.45, 2.75) is 13.8 Å². The minimum absolute atomic E-state index is 0.110. The molecule has 0 aliphatic heterocycles. The number of carbonyl (C=O) groups is 1. The van der Waals surface area contributed by atoms with Crippen molar-refractivity contribution in [1.29, 1.82) is 0 Å². The van der Waals surface area contributed by atoms with Gasteiger partial charge in [-0.1, -0.05) is 24.3 Å². The Kier molecular flexibility index (Phi) is 6.63. The predicted molar refractivity (Wildman–Crippen MR) is 117 cm³/mol. The maximum absolute atomic E-state index is 12.1. The molecule has 0 unspecified atom stereocenters. The number of aryl methyl sites for hydroxylation is 2. The summed E-state index contributed by atoms with van der Waals surface area (Å²) in [5.74, 6) is 0.805. The zero-order valence-electron chi connectivity index (χ0n) is 16.8. The van der Waals surface area contributed by atoms with E-state index in [1.54, 1.807) is 19.4 Å². The van der Waals surface area contributed by atoms with E-state index in [4.69, 9.17) is 9.47 Å². The summed E-state index contributed by atoms with van der Waals surface area (Å²) < 4.78 is 11.0. The molecule has 0 aromatic heterocycles. The number of para-hydroxylation sites is 1. The number of rotatable bonds is 7. The number of hydrogen-bond donors (Lipinski definition) is 1. The standard InChI is InChI=1S/C24H24N2O3/c1-17-9-11-21(13-18(17)2)25-15-19-10-12-22(23(14-19)28-3)29-16-24(27)26-20-7-5-4-6-8-20/h4-15H,16H2,1-3H3,(H,26,27). The van der Waals surface area contributed by atoms with Crippen LogP contribution >= 0.6 is 0 Å². The number of ether oxygens (including phenoxy) is 2. The second-order valence-corrected chi connectivity index (χ2v) is 6.64. The number of carbonyl (C=O) groups excluding carboxylic acids is 1. The molecule has 29 heavy (non-hydrogen) atoms. The van der Waals surface area contributed by atoms with E-state index in [0.717, 1.165) is 16.9 Å². The second-order valence-electron chi connectivity index (χ2n) is 6.64. The molecule has 3 aromatic rings. The third-order valence-corrected chi connectivity index (χ3v) is 4.46. The summed E-state index contributed by atoms with van der Waals surface area (Å²) >= 11 is 0. The van der Waals surface area contributed by atoms with Crippen LogP contribution < -0.4 is 14.8 Å². The maximum Gasteiger partial charge on any atom is 0.262 e. The SMILES string of the molecule is COc1cc(C=Nc2ccc(C)c(C)c2)ccc1OCC(=O)Nc1ccccc1. The van der Waals surface area contributed by atoms with E-state index in [1.165, 1.54) is 11.1 Å². The van der Waals surface area contributed by atoms with Crippen molar-refractivity contribution in [3.8, 4) is 11.5 Å². The zero-order chi connectivity index (χ0) is 20.6. The first kappa shape index (κ1) is 20.1. The summed E-state index contributed by atoms with van der Waals surface area (Å²) in [5, 5.41) is 2.78. The highest BCUT2D eigenvalue weighted by molar-refractivity contribution is 5.91. The lowest BCUT2D eigenvalue weighted by atomic mass is 10.1. The van der Waals surface area contributed by atoms with Gasteiger partial charge in [-0.25, -0.2) is 0 Å². The van der Waals surface area contributed by atoms with Gasteiger partial charge in [0.05, 0.1) is 12.8 Å². The van der Waals surface area contributed by atoms with Crippen LogP contribution in [0.15, 0.2) is 71.7 Å². The Balaban J connectivity index is 1.64. The number of nitrogens with zero attached hydrogens (tertiary/aromatic N) is 1. The minimum Gasteiger partial charge on any atom is -0.493 e. The van der Waals surface area contributed by atoms with Gasteiger partial charge in [0.25, 0.3) is 5.91 Å². The van der Waals surface area contributed by atoms with E-state index in [0.29, 0.717) is 11.5 Å². The lowest BCUT2D eigenvalue weighted by molar-refractivity contribution is -0.118. The first-order valence-electron chi connectivity index (χ1n) is 9.32. The lowest BCUT2D eigenvalue weighted by Crippen LogP contribution is -2.20. The Morgan fingerprint density at radius 2 is 1.76 bits per heavy atom. The van der Waals surface area contributed by atoms with Crippen LogP contribution in [0, 0.1) is 13.8 Å². The van der Waals surface area contributed by atoms with Crippen LogP contribution in [0.25, 0.3) is 0 Å². The number of anilines is 1. The van der Waals surface area contributed by atoms with Crippen LogP contribution in [0.4, 0.5) is 11.4 Å². The van der Waals surface area contributed by atoms with Gasteiger partial charge >= 0.3 is 0 Å². The topological polar surface area (TPSA) is 59.9 Å². The fourth-order valence-corrected chi connectivity index (χ4v) is 2.70. The van der Waals surface area contributed by atoms with E-state index < -0.39 is 0 Å².